The Morgan fingerprint density at radius 2 is 1.58 bits per heavy atom. The van der Waals surface area contributed by atoms with E-state index in [-0.39, 0.29) is 22.3 Å². The second-order valence-corrected chi connectivity index (χ2v) is 9.23. The fourth-order valence-corrected chi connectivity index (χ4v) is 4.60. The van der Waals surface area contributed by atoms with Crippen molar-refractivity contribution in [1.29, 1.82) is 0 Å². The van der Waals surface area contributed by atoms with Gasteiger partial charge in [-0.05, 0) is 60.4 Å². The average molecular weight is 473 g/mol. The van der Waals surface area contributed by atoms with Gasteiger partial charge in [-0.25, -0.2) is 13.2 Å². The number of hydrogen-bond acceptors (Lipinski definition) is 4. The number of alkyl halides is 3. The molecule has 0 radical (unpaired) electrons. The molecular weight excluding hydrogens is 455 g/mol. The van der Waals surface area contributed by atoms with Crippen LogP contribution in [0.2, 0.25) is 0 Å². The van der Waals surface area contributed by atoms with Crippen molar-refractivity contribution in [2.24, 2.45) is 0 Å². The third kappa shape index (κ3) is 4.93. The molecule has 5 nitrogen and oxygen atoms in total. The molecule has 0 aliphatic rings. The SMILES string of the molecule is Cc1ccccc1NS(=O)(=O)c1ccc(Cc2ccc3oc(=O)cc(C(F)(F)F)c3c2)cc1. The number of nitrogens with one attached hydrogen (secondary N) is 1. The van der Waals surface area contributed by atoms with E-state index in [1.54, 1.807) is 49.4 Å². The molecule has 0 aliphatic carbocycles. The lowest BCUT2D eigenvalue weighted by atomic mass is 10.0. The molecule has 9 heteroatoms. The zero-order valence-corrected chi connectivity index (χ0v) is 18.1. The van der Waals surface area contributed by atoms with Crippen molar-refractivity contribution in [1.82, 2.24) is 0 Å². The van der Waals surface area contributed by atoms with Crippen LogP contribution in [0.4, 0.5) is 18.9 Å². The molecule has 4 rings (SSSR count). The number of anilines is 1. The van der Waals surface area contributed by atoms with Crippen LogP contribution in [0.3, 0.4) is 0 Å². The largest absolute Gasteiger partial charge is 0.423 e. The van der Waals surface area contributed by atoms with Gasteiger partial charge in [0.25, 0.3) is 10.0 Å². The van der Waals surface area contributed by atoms with E-state index in [2.05, 4.69) is 4.72 Å². The zero-order valence-electron chi connectivity index (χ0n) is 17.3. The standard InChI is InChI=1S/C24H18F3NO4S/c1-15-4-2-3-5-21(15)28-33(30,31)18-9-6-16(7-10-18)12-17-8-11-22-19(13-17)20(24(25,26)27)14-23(29)32-22/h2-11,13-14,28H,12H2,1H3. The van der Waals surface area contributed by atoms with Gasteiger partial charge in [-0.2, -0.15) is 13.2 Å². The molecule has 1 heterocycles. The van der Waals surface area contributed by atoms with Crippen molar-refractivity contribution < 1.29 is 26.0 Å². The Bertz CT molecular complexity index is 1490. The van der Waals surface area contributed by atoms with Crippen LogP contribution in [-0.2, 0) is 22.6 Å². The maximum atomic E-state index is 13.4. The van der Waals surface area contributed by atoms with Crippen LogP contribution in [0.1, 0.15) is 22.3 Å². The second-order valence-electron chi connectivity index (χ2n) is 7.55. The van der Waals surface area contributed by atoms with Gasteiger partial charge in [-0.1, -0.05) is 36.4 Å². The minimum atomic E-state index is -4.70. The molecule has 0 unspecified atom stereocenters. The summed E-state index contributed by atoms with van der Waals surface area (Å²) in [5.74, 6) is 0. The van der Waals surface area contributed by atoms with Crippen molar-refractivity contribution in [3.8, 4) is 0 Å². The van der Waals surface area contributed by atoms with E-state index in [0.29, 0.717) is 22.9 Å². The molecule has 0 aliphatic heterocycles. The van der Waals surface area contributed by atoms with Gasteiger partial charge in [-0.3, -0.25) is 4.72 Å². The highest BCUT2D eigenvalue weighted by atomic mass is 32.2. The summed E-state index contributed by atoms with van der Waals surface area (Å²) in [5.41, 5.74) is 0.235. The van der Waals surface area contributed by atoms with Gasteiger partial charge in [0.2, 0.25) is 0 Å². The van der Waals surface area contributed by atoms with Gasteiger partial charge in [0, 0.05) is 11.5 Å². The minimum absolute atomic E-state index is 0.0640. The molecule has 33 heavy (non-hydrogen) atoms. The highest BCUT2D eigenvalue weighted by molar-refractivity contribution is 7.92. The Morgan fingerprint density at radius 1 is 0.909 bits per heavy atom. The second kappa shape index (κ2) is 8.40. The van der Waals surface area contributed by atoms with Gasteiger partial charge in [0.1, 0.15) is 5.58 Å². The van der Waals surface area contributed by atoms with Crippen LogP contribution in [0, 0.1) is 6.92 Å². The lowest BCUT2D eigenvalue weighted by Crippen LogP contribution is -2.13. The van der Waals surface area contributed by atoms with Gasteiger partial charge < -0.3 is 4.42 Å². The van der Waals surface area contributed by atoms with Crippen LogP contribution in [0.5, 0.6) is 0 Å². The fraction of sp³-hybridized carbons (Fsp3) is 0.125. The van der Waals surface area contributed by atoms with Gasteiger partial charge in [-0.15, -0.1) is 0 Å². The van der Waals surface area contributed by atoms with Gasteiger partial charge >= 0.3 is 11.8 Å². The first kappa shape index (κ1) is 22.6. The Morgan fingerprint density at radius 3 is 2.24 bits per heavy atom. The summed E-state index contributed by atoms with van der Waals surface area (Å²) in [6.07, 6.45) is -4.44. The third-order valence-electron chi connectivity index (χ3n) is 5.14. The number of para-hydroxylation sites is 1. The quantitative estimate of drug-likeness (QED) is 0.388. The molecule has 0 fully saturated rings. The molecule has 0 spiro atoms. The van der Waals surface area contributed by atoms with E-state index < -0.39 is 27.4 Å². The number of aryl methyl sites for hydroxylation is 1. The molecule has 0 bridgehead atoms. The summed E-state index contributed by atoms with van der Waals surface area (Å²) in [4.78, 5) is 11.5. The van der Waals surface area contributed by atoms with Crippen molar-refractivity contribution in [2.75, 3.05) is 4.72 Å². The highest BCUT2D eigenvalue weighted by Gasteiger charge is 2.33. The van der Waals surface area contributed by atoms with Crippen LogP contribution in [0.15, 0.2) is 86.9 Å². The van der Waals surface area contributed by atoms with E-state index in [1.807, 2.05) is 0 Å². The zero-order chi connectivity index (χ0) is 23.8. The van der Waals surface area contributed by atoms with Crippen LogP contribution in [-0.4, -0.2) is 8.42 Å². The lowest BCUT2D eigenvalue weighted by molar-refractivity contribution is -0.136. The van der Waals surface area contributed by atoms with E-state index in [0.717, 1.165) is 5.56 Å². The van der Waals surface area contributed by atoms with E-state index >= 15 is 0 Å². The molecular formula is C24H18F3NO4S. The Hall–Kier alpha value is -3.59. The maximum Gasteiger partial charge on any atom is 0.417 e. The number of rotatable bonds is 5. The molecule has 0 saturated heterocycles. The van der Waals surface area contributed by atoms with Crippen molar-refractivity contribution in [3.05, 3.63) is 105 Å². The van der Waals surface area contributed by atoms with Gasteiger partial charge in [0.15, 0.2) is 0 Å². The van der Waals surface area contributed by atoms with Crippen LogP contribution in [0.25, 0.3) is 11.0 Å². The van der Waals surface area contributed by atoms with E-state index in [9.17, 15) is 26.4 Å². The Kier molecular flexibility index (Phi) is 5.75. The summed E-state index contributed by atoms with van der Waals surface area (Å²) in [6.45, 7) is 1.79. The Balaban J connectivity index is 1.60. The molecule has 1 N–H and O–H groups in total. The number of benzene rings is 3. The molecule has 0 saturated carbocycles. The summed E-state index contributed by atoms with van der Waals surface area (Å²) < 4.78 is 72.8. The maximum absolute atomic E-state index is 13.4. The summed E-state index contributed by atoms with van der Waals surface area (Å²) in [7, 11) is -3.80. The van der Waals surface area contributed by atoms with Crippen molar-refractivity contribution in [3.63, 3.8) is 0 Å². The fourth-order valence-electron chi connectivity index (χ4n) is 3.47. The first-order valence-corrected chi connectivity index (χ1v) is 11.3. The number of sulfonamides is 1. The van der Waals surface area contributed by atoms with E-state index in [1.165, 1.54) is 24.3 Å². The predicted molar refractivity (Wildman–Crippen MR) is 119 cm³/mol. The third-order valence-corrected chi connectivity index (χ3v) is 6.52. The van der Waals surface area contributed by atoms with Gasteiger partial charge in [0.05, 0.1) is 16.1 Å². The summed E-state index contributed by atoms with van der Waals surface area (Å²) >= 11 is 0. The molecule has 0 atom stereocenters. The highest BCUT2D eigenvalue weighted by Crippen LogP contribution is 2.34. The van der Waals surface area contributed by atoms with Crippen LogP contribution >= 0.6 is 0 Å². The monoisotopic (exact) mass is 473 g/mol. The summed E-state index contributed by atoms with van der Waals surface area (Å²) in [6, 6.07) is 17.7. The molecule has 1 aromatic heterocycles. The topological polar surface area (TPSA) is 76.4 Å². The normalized spacial score (nSPS) is 12.1. The minimum Gasteiger partial charge on any atom is -0.423 e. The number of hydrogen-bond donors (Lipinski definition) is 1. The smallest absolute Gasteiger partial charge is 0.417 e. The first-order valence-electron chi connectivity index (χ1n) is 9.84. The lowest BCUT2D eigenvalue weighted by Gasteiger charge is -2.12. The average Bonchev–Trinajstić information content (AvgIpc) is 2.75. The van der Waals surface area contributed by atoms with Crippen LogP contribution < -0.4 is 10.3 Å². The van der Waals surface area contributed by atoms with Crippen molar-refractivity contribution >= 4 is 26.7 Å². The molecule has 0 amide bonds. The van der Waals surface area contributed by atoms with Crippen molar-refractivity contribution in [2.45, 2.75) is 24.4 Å². The molecule has 4 aromatic rings. The Labute approximate surface area is 187 Å². The number of halogens is 3. The first-order chi connectivity index (χ1) is 15.5. The molecule has 170 valence electrons. The van der Waals surface area contributed by atoms with E-state index in [4.69, 9.17) is 4.42 Å². The molecule has 3 aromatic carbocycles. The number of fused-ring (bicyclic) bond motifs is 1. The summed E-state index contributed by atoms with van der Waals surface area (Å²) in [5, 5.41) is -0.207. The predicted octanol–water partition coefficient (Wildman–Crippen LogP) is 5.51.